The van der Waals surface area contributed by atoms with Gasteiger partial charge in [-0.2, -0.15) is 5.10 Å². The molecular formula is C14H16N4O3. The molecule has 1 fully saturated rings. The molecule has 0 radical (unpaired) electrons. The van der Waals surface area contributed by atoms with Gasteiger partial charge in [0.25, 0.3) is 5.91 Å². The summed E-state index contributed by atoms with van der Waals surface area (Å²) in [5, 5.41) is 6.74. The van der Waals surface area contributed by atoms with Crippen LogP contribution in [0.25, 0.3) is 0 Å². The molecule has 2 aromatic rings. The molecule has 3 rings (SSSR count). The van der Waals surface area contributed by atoms with Crippen LogP contribution in [0.2, 0.25) is 0 Å². The Labute approximate surface area is 121 Å². The van der Waals surface area contributed by atoms with Crippen LogP contribution in [0, 0.1) is 0 Å². The average Bonchev–Trinajstić information content (AvgIpc) is 3.12. The van der Waals surface area contributed by atoms with E-state index in [1.165, 1.54) is 6.20 Å². The van der Waals surface area contributed by atoms with E-state index >= 15 is 0 Å². The number of aromatic nitrogens is 3. The Morgan fingerprint density at radius 2 is 2.38 bits per heavy atom. The van der Waals surface area contributed by atoms with Crippen LogP contribution in [0.15, 0.2) is 30.7 Å². The maximum absolute atomic E-state index is 12.0. The number of nitrogens with one attached hydrogen (secondary N) is 1. The van der Waals surface area contributed by atoms with Crippen molar-refractivity contribution in [1.29, 1.82) is 0 Å². The van der Waals surface area contributed by atoms with Crippen molar-refractivity contribution < 1.29 is 14.3 Å². The number of carbonyl (C=O) groups excluding carboxylic acids is 1. The van der Waals surface area contributed by atoms with E-state index in [9.17, 15) is 4.79 Å². The smallest absolute Gasteiger partial charge is 0.257 e. The maximum Gasteiger partial charge on any atom is 0.257 e. The number of aryl methyl sites for hydroxylation is 1. The van der Waals surface area contributed by atoms with Gasteiger partial charge in [0.05, 0.1) is 30.7 Å². The summed E-state index contributed by atoms with van der Waals surface area (Å²) in [4.78, 5) is 16.2. The van der Waals surface area contributed by atoms with E-state index in [1.807, 2.05) is 0 Å². The molecule has 0 aromatic carbocycles. The van der Waals surface area contributed by atoms with Gasteiger partial charge in [0.1, 0.15) is 6.10 Å². The molecule has 1 atom stereocenters. The fourth-order valence-corrected chi connectivity index (χ4v) is 2.05. The molecule has 0 bridgehead atoms. The quantitative estimate of drug-likeness (QED) is 0.915. The summed E-state index contributed by atoms with van der Waals surface area (Å²) in [5.74, 6) is 0.273. The number of nitrogens with zero attached hydrogens (tertiary/aromatic N) is 3. The number of amides is 1. The first-order valence-corrected chi connectivity index (χ1v) is 6.71. The van der Waals surface area contributed by atoms with E-state index in [2.05, 4.69) is 15.4 Å². The van der Waals surface area contributed by atoms with E-state index in [1.54, 1.807) is 36.3 Å². The average molecular weight is 288 g/mol. The van der Waals surface area contributed by atoms with Gasteiger partial charge < -0.3 is 14.8 Å². The van der Waals surface area contributed by atoms with Crippen LogP contribution in [-0.4, -0.2) is 40.0 Å². The standard InChI is InChI=1S/C14H16N4O3/c1-18-8-11(7-16-18)17-14(19)10-2-3-13(15-6-10)21-12-4-5-20-9-12/h2-3,6-8,12H,4-5,9H2,1H3,(H,17,19)/t12-/m0/s1. The van der Waals surface area contributed by atoms with Gasteiger partial charge in [0, 0.05) is 31.9 Å². The molecule has 1 saturated heterocycles. The number of hydrogen-bond acceptors (Lipinski definition) is 5. The van der Waals surface area contributed by atoms with E-state index in [4.69, 9.17) is 9.47 Å². The lowest BCUT2D eigenvalue weighted by atomic mass is 10.2. The molecular weight excluding hydrogens is 272 g/mol. The highest BCUT2D eigenvalue weighted by molar-refractivity contribution is 6.03. The van der Waals surface area contributed by atoms with Crippen molar-refractivity contribution in [2.75, 3.05) is 18.5 Å². The molecule has 0 saturated carbocycles. The second-order valence-electron chi connectivity index (χ2n) is 4.85. The van der Waals surface area contributed by atoms with Gasteiger partial charge in [-0.3, -0.25) is 9.48 Å². The van der Waals surface area contributed by atoms with Crippen LogP contribution in [0.3, 0.4) is 0 Å². The Morgan fingerprint density at radius 1 is 1.48 bits per heavy atom. The Hall–Kier alpha value is -2.41. The van der Waals surface area contributed by atoms with Gasteiger partial charge in [-0.05, 0) is 6.07 Å². The summed E-state index contributed by atoms with van der Waals surface area (Å²) < 4.78 is 12.5. The van der Waals surface area contributed by atoms with Crippen molar-refractivity contribution in [1.82, 2.24) is 14.8 Å². The van der Waals surface area contributed by atoms with E-state index in [0.29, 0.717) is 23.7 Å². The SMILES string of the molecule is Cn1cc(NC(=O)c2ccc(O[C@H]3CCOC3)nc2)cn1. The molecule has 0 spiro atoms. The number of carbonyl (C=O) groups is 1. The van der Waals surface area contributed by atoms with E-state index in [-0.39, 0.29) is 12.0 Å². The summed E-state index contributed by atoms with van der Waals surface area (Å²) >= 11 is 0. The van der Waals surface area contributed by atoms with Gasteiger partial charge >= 0.3 is 0 Å². The Morgan fingerprint density at radius 3 is 3.00 bits per heavy atom. The van der Waals surface area contributed by atoms with Crippen LogP contribution in [0.1, 0.15) is 16.8 Å². The molecule has 3 heterocycles. The van der Waals surface area contributed by atoms with Crippen LogP contribution >= 0.6 is 0 Å². The van der Waals surface area contributed by atoms with Gasteiger partial charge in [-0.1, -0.05) is 0 Å². The number of pyridine rings is 1. The maximum atomic E-state index is 12.0. The number of hydrogen-bond donors (Lipinski definition) is 1. The third-order valence-corrected chi connectivity index (χ3v) is 3.14. The Bertz CT molecular complexity index is 617. The molecule has 2 aromatic heterocycles. The minimum absolute atomic E-state index is 0.0487. The highest BCUT2D eigenvalue weighted by Crippen LogP contribution is 2.15. The van der Waals surface area contributed by atoms with Crippen LogP contribution in [0.4, 0.5) is 5.69 Å². The lowest BCUT2D eigenvalue weighted by molar-refractivity contribution is 0.102. The second kappa shape index (κ2) is 5.92. The van der Waals surface area contributed by atoms with Crippen molar-refractivity contribution in [2.45, 2.75) is 12.5 Å². The molecule has 1 aliphatic rings. The van der Waals surface area contributed by atoms with Crippen LogP contribution in [0.5, 0.6) is 5.88 Å². The van der Waals surface area contributed by atoms with E-state index in [0.717, 1.165) is 13.0 Å². The zero-order valence-corrected chi connectivity index (χ0v) is 11.7. The third-order valence-electron chi connectivity index (χ3n) is 3.14. The lowest BCUT2D eigenvalue weighted by Gasteiger charge is -2.10. The molecule has 0 unspecified atom stereocenters. The summed E-state index contributed by atoms with van der Waals surface area (Å²) in [7, 11) is 1.79. The zero-order valence-electron chi connectivity index (χ0n) is 11.7. The van der Waals surface area contributed by atoms with E-state index < -0.39 is 0 Å². The van der Waals surface area contributed by atoms with Crippen LogP contribution in [-0.2, 0) is 11.8 Å². The highest BCUT2D eigenvalue weighted by atomic mass is 16.5. The summed E-state index contributed by atoms with van der Waals surface area (Å²) in [6.45, 7) is 1.31. The molecule has 7 nitrogen and oxygen atoms in total. The monoisotopic (exact) mass is 288 g/mol. The fourth-order valence-electron chi connectivity index (χ4n) is 2.05. The highest BCUT2D eigenvalue weighted by Gasteiger charge is 2.17. The largest absolute Gasteiger partial charge is 0.472 e. The summed E-state index contributed by atoms with van der Waals surface area (Å²) in [6.07, 6.45) is 5.72. The number of rotatable bonds is 4. The normalized spacial score (nSPS) is 17.7. The Balaban J connectivity index is 1.61. The van der Waals surface area contributed by atoms with Gasteiger partial charge in [-0.15, -0.1) is 0 Å². The molecule has 1 N–H and O–H groups in total. The molecule has 1 aliphatic heterocycles. The van der Waals surface area contributed by atoms with Gasteiger partial charge in [0.15, 0.2) is 0 Å². The third kappa shape index (κ3) is 3.38. The first-order valence-electron chi connectivity index (χ1n) is 6.71. The minimum Gasteiger partial charge on any atom is -0.472 e. The van der Waals surface area contributed by atoms with Crippen LogP contribution < -0.4 is 10.1 Å². The Kier molecular flexibility index (Phi) is 3.83. The van der Waals surface area contributed by atoms with Crippen molar-refractivity contribution in [3.63, 3.8) is 0 Å². The van der Waals surface area contributed by atoms with Crippen molar-refractivity contribution in [2.24, 2.45) is 7.05 Å². The minimum atomic E-state index is -0.230. The number of anilines is 1. The predicted molar refractivity (Wildman–Crippen MR) is 75.3 cm³/mol. The second-order valence-corrected chi connectivity index (χ2v) is 4.85. The molecule has 110 valence electrons. The first kappa shape index (κ1) is 13.6. The molecule has 21 heavy (non-hydrogen) atoms. The zero-order chi connectivity index (χ0) is 14.7. The summed E-state index contributed by atoms with van der Waals surface area (Å²) in [5.41, 5.74) is 1.11. The topological polar surface area (TPSA) is 78.3 Å². The lowest BCUT2D eigenvalue weighted by Crippen LogP contribution is -2.17. The fraction of sp³-hybridized carbons (Fsp3) is 0.357. The summed E-state index contributed by atoms with van der Waals surface area (Å²) in [6, 6.07) is 3.38. The van der Waals surface area contributed by atoms with Gasteiger partial charge in [0.2, 0.25) is 5.88 Å². The van der Waals surface area contributed by atoms with Gasteiger partial charge in [-0.25, -0.2) is 4.98 Å². The molecule has 1 amide bonds. The van der Waals surface area contributed by atoms with Crippen molar-refractivity contribution in [3.05, 3.63) is 36.3 Å². The molecule has 7 heteroatoms. The van der Waals surface area contributed by atoms with Crippen molar-refractivity contribution in [3.8, 4) is 5.88 Å². The number of ether oxygens (including phenoxy) is 2. The predicted octanol–water partition coefficient (Wildman–Crippen LogP) is 1.24. The first-order chi connectivity index (χ1) is 10.2. The molecule has 0 aliphatic carbocycles. The van der Waals surface area contributed by atoms with Crippen molar-refractivity contribution >= 4 is 11.6 Å².